The smallest absolute Gasteiger partial charge is 0.101 e. The number of aromatic nitrogens is 3. The molecule has 3 aromatic heterocycles. The Kier molecular flexibility index (Phi) is 6.99. The van der Waals surface area contributed by atoms with E-state index in [2.05, 4.69) is 190 Å². The van der Waals surface area contributed by atoms with Crippen LogP contribution >= 0.6 is 0 Å². The number of hydrogen-bond acceptors (Lipinski definition) is 2. The molecule has 272 valence electrons. The summed E-state index contributed by atoms with van der Waals surface area (Å²) in [6.07, 6.45) is 0. The van der Waals surface area contributed by atoms with Gasteiger partial charge in [-0.1, -0.05) is 115 Å². The van der Waals surface area contributed by atoms with Gasteiger partial charge in [-0.3, -0.25) is 0 Å². The summed E-state index contributed by atoms with van der Waals surface area (Å²) >= 11 is 0. The summed E-state index contributed by atoms with van der Waals surface area (Å²) in [4.78, 5) is 0. The summed E-state index contributed by atoms with van der Waals surface area (Å²) in [6, 6.07) is 70.7. The molecule has 0 unspecified atom stereocenters. The van der Waals surface area contributed by atoms with Gasteiger partial charge in [0.15, 0.2) is 0 Å². The number of hydrogen-bond donors (Lipinski definition) is 0. The summed E-state index contributed by atoms with van der Waals surface area (Å²) in [6.45, 7) is 0. The summed E-state index contributed by atoms with van der Waals surface area (Å²) in [5.74, 6) is 0. The van der Waals surface area contributed by atoms with Crippen LogP contribution in [0.2, 0.25) is 0 Å². The number of rotatable bonds is 4. The number of nitriles is 2. The third kappa shape index (κ3) is 4.71. The highest BCUT2D eigenvalue weighted by Gasteiger charge is 2.22. The van der Waals surface area contributed by atoms with Crippen molar-refractivity contribution in [1.82, 2.24) is 13.7 Å². The highest BCUT2D eigenvalue weighted by Crippen LogP contribution is 2.41. The van der Waals surface area contributed by atoms with Crippen LogP contribution in [0.4, 0.5) is 0 Å². The molecule has 0 saturated heterocycles. The zero-order chi connectivity index (χ0) is 39.2. The van der Waals surface area contributed by atoms with Gasteiger partial charge in [-0.05, 0) is 94.7 Å². The molecule has 59 heavy (non-hydrogen) atoms. The van der Waals surface area contributed by atoms with E-state index in [9.17, 15) is 10.5 Å². The van der Waals surface area contributed by atoms with Gasteiger partial charge in [0.1, 0.15) is 12.1 Å². The molecule has 0 N–H and O–H groups in total. The number of fused-ring (bicyclic) bond motifs is 11. The third-order valence-electron chi connectivity index (χ3n) is 12.1. The van der Waals surface area contributed by atoms with Crippen molar-refractivity contribution in [2.75, 3.05) is 0 Å². The molecule has 12 aromatic rings. The minimum Gasteiger partial charge on any atom is -0.309 e. The van der Waals surface area contributed by atoms with Crippen LogP contribution in [0.15, 0.2) is 188 Å². The maximum absolute atomic E-state index is 10.7. The Morgan fingerprint density at radius 3 is 1.41 bits per heavy atom. The summed E-state index contributed by atoms with van der Waals surface area (Å²) in [5.41, 5.74) is 12.0. The van der Waals surface area contributed by atoms with Crippen LogP contribution < -0.4 is 0 Å². The largest absolute Gasteiger partial charge is 0.309 e. The van der Waals surface area contributed by atoms with E-state index in [0.717, 1.165) is 88.1 Å². The molecule has 0 bridgehead atoms. The fourth-order valence-corrected chi connectivity index (χ4v) is 9.54. The first kappa shape index (κ1) is 32.8. The van der Waals surface area contributed by atoms with Crippen molar-refractivity contribution < 1.29 is 0 Å². The molecular formula is C54H31N5. The van der Waals surface area contributed by atoms with Crippen molar-refractivity contribution in [3.63, 3.8) is 0 Å². The topological polar surface area (TPSA) is 62.4 Å². The van der Waals surface area contributed by atoms with Gasteiger partial charge in [0, 0.05) is 38.0 Å². The minimum atomic E-state index is 0.434. The van der Waals surface area contributed by atoms with Crippen molar-refractivity contribution in [1.29, 1.82) is 10.5 Å². The average molecular weight is 750 g/mol. The quantitative estimate of drug-likeness (QED) is 0.180. The second-order valence-corrected chi connectivity index (χ2v) is 15.1. The predicted molar refractivity (Wildman–Crippen MR) is 242 cm³/mol. The normalized spacial score (nSPS) is 11.7. The second-order valence-electron chi connectivity index (χ2n) is 15.1. The Morgan fingerprint density at radius 2 is 0.780 bits per heavy atom. The molecule has 0 radical (unpaired) electrons. The van der Waals surface area contributed by atoms with E-state index in [1.165, 1.54) is 16.3 Å². The molecule has 0 saturated carbocycles. The van der Waals surface area contributed by atoms with E-state index in [0.29, 0.717) is 11.1 Å². The molecule has 5 nitrogen and oxygen atoms in total. The van der Waals surface area contributed by atoms with Gasteiger partial charge >= 0.3 is 0 Å². The Balaban J connectivity index is 1.08. The van der Waals surface area contributed by atoms with Gasteiger partial charge in [-0.25, -0.2) is 0 Å². The van der Waals surface area contributed by atoms with Crippen LogP contribution in [-0.4, -0.2) is 13.7 Å². The third-order valence-corrected chi connectivity index (χ3v) is 12.1. The SMILES string of the molecule is N#Cc1cc(C#N)c(-n2c3ccccc3c3c4ccccc4ccc32)cc1-n1c2ccccc2c2cc(-c3ccc4c(c3)c3ccccc3n4-c3ccccc3)ccc21. The molecule has 0 fully saturated rings. The zero-order valence-corrected chi connectivity index (χ0v) is 31.6. The lowest BCUT2D eigenvalue weighted by Crippen LogP contribution is -2.04. The van der Waals surface area contributed by atoms with E-state index >= 15 is 0 Å². The number of para-hydroxylation sites is 4. The molecule has 0 spiro atoms. The maximum atomic E-state index is 10.7. The van der Waals surface area contributed by atoms with E-state index in [1.54, 1.807) is 6.07 Å². The lowest BCUT2D eigenvalue weighted by Gasteiger charge is -2.16. The molecule has 5 heteroatoms. The van der Waals surface area contributed by atoms with Crippen LogP contribution in [0.25, 0.3) is 104 Å². The lowest BCUT2D eigenvalue weighted by molar-refractivity contribution is 1.12. The van der Waals surface area contributed by atoms with E-state index in [-0.39, 0.29) is 0 Å². The Bertz CT molecular complexity index is 3810. The molecule has 0 aliphatic heterocycles. The second kappa shape index (κ2) is 12.6. The van der Waals surface area contributed by atoms with Gasteiger partial charge in [-0.2, -0.15) is 10.5 Å². The van der Waals surface area contributed by atoms with Crippen LogP contribution in [0, 0.1) is 22.7 Å². The van der Waals surface area contributed by atoms with Crippen molar-refractivity contribution in [3.05, 3.63) is 199 Å². The molecular weight excluding hydrogens is 719 g/mol. The summed E-state index contributed by atoms with van der Waals surface area (Å²) in [5, 5.41) is 30.5. The van der Waals surface area contributed by atoms with Crippen molar-refractivity contribution in [3.8, 4) is 40.3 Å². The van der Waals surface area contributed by atoms with Gasteiger partial charge in [0.05, 0.1) is 55.6 Å². The Hall–Kier alpha value is -8.38. The minimum absolute atomic E-state index is 0.434. The first-order chi connectivity index (χ1) is 29.2. The number of nitrogens with zero attached hydrogens (tertiary/aromatic N) is 5. The predicted octanol–water partition coefficient (Wildman–Crippen LogP) is 13.5. The van der Waals surface area contributed by atoms with E-state index in [1.807, 2.05) is 18.2 Å². The van der Waals surface area contributed by atoms with Crippen molar-refractivity contribution in [2.24, 2.45) is 0 Å². The Labute approximate surface area is 338 Å². The molecule has 0 aliphatic carbocycles. The first-order valence-electron chi connectivity index (χ1n) is 19.7. The molecule has 12 rings (SSSR count). The lowest BCUT2D eigenvalue weighted by atomic mass is 10.0. The van der Waals surface area contributed by atoms with E-state index < -0.39 is 0 Å². The standard InChI is InChI=1S/C54H31N5/c55-32-37-28-38(33-56)53(59-48-21-11-8-18-43(48)54-40-15-5-4-12-34(40)22-27-51(54)59)31-52(37)58-47-20-10-7-17-42(47)45-30-36(24-26-50(45)58)35-23-25-49-44(29-35)41-16-6-9-19-46(41)57(49)39-13-2-1-3-14-39/h1-31H. The number of benzene rings is 9. The molecule has 3 heterocycles. The summed E-state index contributed by atoms with van der Waals surface area (Å²) in [7, 11) is 0. The van der Waals surface area contributed by atoms with Crippen molar-refractivity contribution in [2.45, 2.75) is 0 Å². The Morgan fingerprint density at radius 1 is 0.322 bits per heavy atom. The van der Waals surface area contributed by atoms with E-state index in [4.69, 9.17) is 0 Å². The highest BCUT2D eigenvalue weighted by molar-refractivity contribution is 6.21. The van der Waals surface area contributed by atoms with Crippen LogP contribution in [0.3, 0.4) is 0 Å². The average Bonchev–Trinajstić information content (AvgIpc) is 3.94. The van der Waals surface area contributed by atoms with Crippen LogP contribution in [-0.2, 0) is 0 Å². The fraction of sp³-hybridized carbons (Fsp3) is 0. The molecule has 0 amide bonds. The van der Waals surface area contributed by atoms with Crippen molar-refractivity contribution >= 4 is 76.2 Å². The summed E-state index contributed by atoms with van der Waals surface area (Å²) < 4.78 is 6.72. The van der Waals surface area contributed by atoms with Gasteiger partial charge in [-0.15, -0.1) is 0 Å². The van der Waals surface area contributed by atoms with Crippen LogP contribution in [0.5, 0.6) is 0 Å². The molecule has 9 aromatic carbocycles. The van der Waals surface area contributed by atoms with Gasteiger partial charge in [0.2, 0.25) is 0 Å². The highest BCUT2D eigenvalue weighted by atomic mass is 15.0. The monoisotopic (exact) mass is 749 g/mol. The zero-order valence-electron chi connectivity index (χ0n) is 31.6. The van der Waals surface area contributed by atoms with Gasteiger partial charge in [0.25, 0.3) is 0 Å². The fourth-order valence-electron chi connectivity index (χ4n) is 9.54. The van der Waals surface area contributed by atoms with Gasteiger partial charge < -0.3 is 13.7 Å². The molecule has 0 aliphatic rings. The van der Waals surface area contributed by atoms with Crippen LogP contribution in [0.1, 0.15) is 11.1 Å². The first-order valence-corrected chi connectivity index (χ1v) is 19.7. The molecule has 0 atom stereocenters. The maximum Gasteiger partial charge on any atom is 0.101 e.